The Morgan fingerprint density at radius 1 is 1.22 bits per heavy atom. The van der Waals surface area contributed by atoms with E-state index in [9.17, 15) is 14.0 Å². The zero-order valence-corrected chi connectivity index (χ0v) is 13.2. The lowest BCUT2D eigenvalue weighted by molar-refractivity contribution is -0.119. The largest absolute Gasteiger partial charge is 0.381 e. The molecule has 0 bridgehead atoms. The van der Waals surface area contributed by atoms with Gasteiger partial charge in [-0.3, -0.25) is 15.4 Å². The van der Waals surface area contributed by atoms with E-state index in [2.05, 4.69) is 16.0 Å². The maximum atomic E-state index is 13.2. The summed E-state index contributed by atoms with van der Waals surface area (Å²) >= 11 is 0. The highest BCUT2D eigenvalue weighted by molar-refractivity contribution is 5.95. The molecular weight excluding hydrogens is 301 g/mol. The molecule has 6 nitrogen and oxygen atoms in total. The van der Waals surface area contributed by atoms with Crippen molar-refractivity contribution in [3.8, 4) is 0 Å². The molecule has 1 aliphatic heterocycles. The van der Waals surface area contributed by atoms with Crippen molar-refractivity contribution in [1.82, 2.24) is 16.0 Å². The Hall–Kier alpha value is -1.99. The highest BCUT2D eigenvalue weighted by atomic mass is 19.1. The number of nitrogens with one attached hydrogen (secondary N) is 3. The van der Waals surface area contributed by atoms with Gasteiger partial charge in [0.15, 0.2) is 0 Å². The minimum Gasteiger partial charge on any atom is -0.381 e. The fraction of sp³-hybridized carbons (Fsp3) is 0.500. The van der Waals surface area contributed by atoms with Gasteiger partial charge in [0.1, 0.15) is 5.82 Å². The fourth-order valence-corrected chi connectivity index (χ4v) is 2.68. The third-order valence-electron chi connectivity index (χ3n) is 3.92. The first-order valence-electron chi connectivity index (χ1n) is 7.72. The summed E-state index contributed by atoms with van der Waals surface area (Å²) in [5.41, 5.74) is 0.456. The van der Waals surface area contributed by atoms with Crippen molar-refractivity contribution in [2.75, 3.05) is 26.3 Å². The molecular formula is C16H22FN3O3. The summed E-state index contributed by atoms with van der Waals surface area (Å²) in [7, 11) is 0. The first-order chi connectivity index (χ1) is 11.1. The van der Waals surface area contributed by atoms with Crippen molar-refractivity contribution in [1.29, 1.82) is 0 Å². The molecule has 1 heterocycles. The maximum absolute atomic E-state index is 13.2. The zero-order valence-electron chi connectivity index (χ0n) is 13.2. The lowest BCUT2D eigenvalue weighted by Crippen LogP contribution is -2.51. The Morgan fingerprint density at radius 3 is 2.48 bits per heavy atom. The van der Waals surface area contributed by atoms with E-state index in [1.807, 2.05) is 0 Å². The molecule has 0 radical (unpaired) electrons. The van der Waals surface area contributed by atoms with Crippen LogP contribution in [-0.4, -0.2) is 38.2 Å². The van der Waals surface area contributed by atoms with E-state index in [-0.39, 0.29) is 12.4 Å². The normalized spacial score (nSPS) is 16.6. The van der Waals surface area contributed by atoms with Crippen molar-refractivity contribution >= 4 is 11.9 Å². The van der Waals surface area contributed by atoms with Gasteiger partial charge in [-0.15, -0.1) is 0 Å². The van der Waals surface area contributed by atoms with Crippen molar-refractivity contribution in [3.05, 3.63) is 35.6 Å². The number of carbonyl (C=O) groups excluding carboxylic acids is 2. The van der Waals surface area contributed by atoms with Crippen LogP contribution in [0.25, 0.3) is 0 Å². The number of urea groups is 1. The quantitative estimate of drug-likeness (QED) is 0.762. The van der Waals surface area contributed by atoms with E-state index in [0.717, 1.165) is 5.56 Å². The Kier molecular flexibility index (Phi) is 6.06. The van der Waals surface area contributed by atoms with E-state index in [0.29, 0.717) is 32.6 Å². The standard InChI is InChI=1S/C16H22FN3O3/c1-2-18-15(22)20-14(21)11-19-16(7-9-23-10-8-16)12-3-5-13(17)6-4-12/h3-6,19H,2,7-11H2,1H3,(H2,18,20,21,22). The number of hydrogen-bond acceptors (Lipinski definition) is 4. The average molecular weight is 323 g/mol. The SMILES string of the molecule is CCNC(=O)NC(=O)CNC1(c2ccc(F)cc2)CCOCC1. The molecule has 0 atom stereocenters. The minimum absolute atomic E-state index is 0.00545. The topological polar surface area (TPSA) is 79.5 Å². The Balaban J connectivity index is 2.03. The number of halogens is 1. The number of ether oxygens (including phenoxy) is 1. The molecule has 0 aliphatic carbocycles. The Morgan fingerprint density at radius 2 is 1.87 bits per heavy atom. The molecule has 0 aromatic heterocycles. The lowest BCUT2D eigenvalue weighted by Gasteiger charge is -2.38. The highest BCUT2D eigenvalue weighted by Crippen LogP contribution is 2.32. The summed E-state index contributed by atoms with van der Waals surface area (Å²) in [6.45, 7) is 3.33. The van der Waals surface area contributed by atoms with Crippen LogP contribution in [-0.2, 0) is 15.1 Å². The van der Waals surface area contributed by atoms with E-state index in [1.165, 1.54) is 12.1 Å². The van der Waals surface area contributed by atoms with Crippen LogP contribution in [0.4, 0.5) is 9.18 Å². The molecule has 0 unspecified atom stereocenters. The van der Waals surface area contributed by atoms with Gasteiger partial charge in [0.05, 0.1) is 6.54 Å². The van der Waals surface area contributed by atoms with E-state index in [1.54, 1.807) is 19.1 Å². The molecule has 1 aromatic carbocycles. The van der Waals surface area contributed by atoms with Crippen molar-refractivity contribution in [3.63, 3.8) is 0 Å². The van der Waals surface area contributed by atoms with Crippen LogP contribution < -0.4 is 16.0 Å². The Labute approximate surface area is 134 Å². The number of carbonyl (C=O) groups is 2. The summed E-state index contributed by atoms with van der Waals surface area (Å²) in [5.74, 6) is -0.714. The van der Waals surface area contributed by atoms with Gasteiger partial charge in [-0.05, 0) is 37.5 Å². The summed E-state index contributed by atoms with van der Waals surface area (Å²) in [6.07, 6.45) is 1.35. The van der Waals surface area contributed by atoms with Crippen LogP contribution in [0.2, 0.25) is 0 Å². The van der Waals surface area contributed by atoms with E-state index < -0.39 is 17.5 Å². The van der Waals surface area contributed by atoms with Gasteiger partial charge >= 0.3 is 6.03 Å². The maximum Gasteiger partial charge on any atom is 0.321 e. The summed E-state index contributed by atoms with van der Waals surface area (Å²) in [6, 6.07) is 5.73. The summed E-state index contributed by atoms with van der Waals surface area (Å²) in [4.78, 5) is 23.2. The van der Waals surface area contributed by atoms with Gasteiger partial charge in [0.2, 0.25) is 5.91 Å². The third-order valence-corrected chi connectivity index (χ3v) is 3.92. The molecule has 3 N–H and O–H groups in total. The summed E-state index contributed by atoms with van der Waals surface area (Å²) in [5, 5.41) is 7.98. The molecule has 1 fully saturated rings. The van der Waals surface area contributed by atoms with Gasteiger partial charge in [0, 0.05) is 25.3 Å². The predicted octanol–water partition coefficient (Wildman–Crippen LogP) is 1.27. The fourth-order valence-electron chi connectivity index (χ4n) is 2.68. The van der Waals surface area contributed by atoms with Gasteiger partial charge in [-0.25, -0.2) is 9.18 Å². The number of hydrogen-bond donors (Lipinski definition) is 3. The number of rotatable bonds is 5. The predicted molar refractivity (Wildman–Crippen MR) is 83.3 cm³/mol. The minimum atomic E-state index is -0.512. The number of imide groups is 1. The van der Waals surface area contributed by atoms with Crippen LogP contribution in [0.1, 0.15) is 25.3 Å². The van der Waals surface area contributed by atoms with Crippen molar-refractivity contribution in [2.45, 2.75) is 25.3 Å². The molecule has 0 spiro atoms. The van der Waals surface area contributed by atoms with Crippen molar-refractivity contribution in [2.24, 2.45) is 0 Å². The third kappa shape index (κ3) is 4.74. The molecule has 1 aromatic rings. The number of amides is 3. The van der Waals surface area contributed by atoms with E-state index >= 15 is 0 Å². The second-order valence-electron chi connectivity index (χ2n) is 5.46. The number of benzene rings is 1. The smallest absolute Gasteiger partial charge is 0.321 e. The molecule has 3 amide bonds. The van der Waals surface area contributed by atoms with Crippen LogP contribution in [0.15, 0.2) is 24.3 Å². The average Bonchev–Trinajstić information content (AvgIpc) is 2.55. The second kappa shape index (κ2) is 8.03. The molecule has 1 saturated heterocycles. The van der Waals surface area contributed by atoms with Crippen LogP contribution in [0, 0.1) is 5.82 Å². The van der Waals surface area contributed by atoms with Crippen molar-refractivity contribution < 1.29 is 18.7 Å². The van der Waals surface area contributed by atoms with E-state index in [4.69, 9.17) is 4.74 Å². The van der Waals surface area contributed by atoms with Gasteiger partial charge in [-0.2, -0.15) is 0 Å². The lowest BCUT2D eigenvalue weighted by atomic mass is 9.82. The molecule has 2 rings (SSSR count). The first-order valence-corrected chi connectivity index (χ1v) is 7.72. The van der Waals surface area contributed by atoms with Gasteiger partial charge in [0.25, 0.3) is 0 Å². The monoisotopic (exact) mass is 323 g/mol. The molecule has 0 saturated carbocycles. The van der Waals surface area contributed by atoms with Crippen LogP contribution >= 0.6 is 0 Å². The molecule has 126 valence electrons. The van der Waals surface area contributed by atoms with Crippen LogP contribution in [0.3, 0.4) is 0 Å². The molecule has 7 heteroatoms. The molecule has 1 aliphatic rings. The first kappa shape index (κ1) is 17.4. The molecule has 23 heavy (non-hydrogen) atoms. The summed E-state index contributed by atoms with van der Waals surface area (Å²) < 4.78 is 18.5. The van der Waals surface area contributed by atoms with Crippen LogP contribution in [0.5, 0.6) is 0 Å². The second-order valence-corrected chi connectivity index (χ2v) is 5.46. The Bertz CT molecular complexity index is 542. The highest BCUT2D eigenvalue weighted by Gasteiger charge is 2.34. The zero-order chi connectivity index (χ0) is 16.7. The van der Waals surface area contributed by atoms with Gasteiger partial charge in [-0.1, -0.05) is 12.1 Å². The van der Waals surface area contributed by atoms with Gasteiger partial charge < -0.3 is 10.1 Å².